The molecule has 10 nitrogen and oxygen atoms in total. The molecule has 6 rings (SSSR count). The Morgan fingerprint density at radius 3 is 2.71 bits per heavy atom. The van der Waals surface area contributed by atoms with Crippen LogP contribution in [0.15, 0.2) is 24.4 Å². The number of ether oxygens (including phenoxy) is 2. The molecule has 5 heterocycles. The molecule has 3 aromatic heterocycles. The zero-order valence-electron chi connectivity index (χ0n) is 20.1. The highest BCUT2D eigenvalue weighted by atomic mass is 16.5. The summed E-state index contributed by atoms with van der Waals surface area (Å²) in [6.45, 7) is 4.23. The Kier molecular flexibility index (Phi) is 5.34. The quantitative estimate of drug-likeness (QED) is 0.436. The van der Waals surface area contributed by atoms with E-state index < -0.39 is 6.10 Å². The summed E-state index contributed by atoms with van der Waals surface area (Å²) in [5.41, 5.74) is 5.48. The lowest BCUT2D eigenvalue weighted by Crippen LogP contribution is -2.24. The molecule has 35 heavy (non-hydrogen) atoms. The molecule has 2 aliphatic rings. The van der Waals surface area contributed by atoms with Crippen molar-refractivity contribution in [3.63, 3.8) is 0 Å². The number of H-pyrrole nitrogens is 1. The van der Waals surface area contributed by atoms with E-state index in [0.29, 0.717) is 38.6 Å². The van der Waals surface area contributed by atoms with E-state index in [2.05, 4.69) is 26.3 Å². The number of aliphatic hydroxyl groups is 1. The van der Waals surface area contributed by atoms with Crippen molar-refractivity contribution in [3.8, 4) is 22.9 Å². The van der Waals surface area contributed by atoms with Crippen LogP contribution in [0.3, 0.4) is 0 Å². The highest BCUT2D eigenvalue weighted by Gasteiger charge is 2.34. The van der Waals surface area contributed by atoms with E-state index in [0.717, 1.165) is 44.9 Å². The minimum atomic E-state index is -0.505. The number of hydrogen-bond donors (Lipinski definition) is 2. The number of nitrogens with zero attached hydrogens (tertiary/aromatic N) is 6. The van der Waals surface area contributed by atoms with Crippen molar-refractivity contribution in [1.29, 1.82) is 0 Å². The smallest absolute Gasteiger partial charge is 0.219 e. The molecule has 182 valence electrons. The first-order valence-corrected chi connectivity index (χ1v) is 11.9. The molecule has 0 aliphatic carbocycles. The molecule has 0 amide bonds. The van der Waals surface area contributed by atoms with Crippen molar-refractivity contribution in [2.75, 3.05) is 33.4 Å². The Morgan fingerprint density at radius 2 is 1.91 bits per heavy atom. The molecule has 2 bridgehead atoms. The number of β-amino-alcohol motifs (C(OH)–C–C–N with tert-alkyl or cyclic N) is 1. The lowest BCUT2D eigenvalue weighted by Gasteiger charge is -2.18. The number of aromatic amines is 1. The van der Waals surface area contributed by atoms with Gasteiger partial charge in [-0.2, -0.15) is 15.3 Å². The second kappa shape index (κ2) is 8.54. The number of fused-ring (bicyclic) bond motifs is 4. The van der Waals surface area contributed by atoms with Crippen LogP contribution in [-0.4, -0.2) is 79.2 Å². The summed E-state index contributed by atoms with van der Waals surface area (Å²) in [4.78, 5) is 2.11. The van der Waals surface area contributed by atoms with Gasteiger partial charge in [-0.25, -0.2) is 9.36 Å². The number of aromatic nitrogens is 6. The number of likely N-dealkylation sites (tertiary alicyclic amines) is 1. The first kappa shape index (κ1) is 21.9. The standard InChI is InChI=1S/C25H29N7O3/c1-15-17-6-8-21-18-11-16(5-7-20(18)27-28-21)19-12-26-31(3)24(19)34-9-4-10-35-25(17)32(29-15)22-13-30(2)14-23(22)33/h5-8,11-12,22-23,33H,4,9-10,13-14H2,1-3H3,(H,27,28)/b8-6+/t22-,23-/m0/s1. The van der Waals surface area contributed by atoms with Gasteiger partial charge in [-0.15, -0.1) is 0 Å². The zero-order chi connectivity index (χ0) is 24.1. The Morgan fingerprint density at radius 1 is 1.09 bits per heavy atom. The summed E-state index contributed by atoms with van der Waals surface area (Å²) in [7, 11) is 3.88. The summed E-state index contributed by atoms with van der Waals surface area (Å²) in [5.74, 6) is 1.39. The van der Waals surface area contributed by atoms with Gasteiger partial charge in [0.15, 0.2) is 0 Å². The van der Waals surface area contributed by atoms with Gasteiger partial charge in [-0.1, -0.05) is 6.07 Å². The predicted molar refractivity (Wildman–Crippen MR) is 132 cm³/mol. The van der Waals surface area contributed by atoms with Gasteiger partial charge in [-0.3, -0.25) is 5.10 Å². The fourth-order valence-electron chi connectivity index (χ4n) is 4.98. The van der Waals surface area contributed by atoms with Gasteiger partial charge in [0, 0.05) is 31.9 Å². The lowest BCUT2D eigenvalue weighted by molar-refractivity contribution is 0.131. The SMILES string of the molecule is Cc1nn([C@H]2CN(C)C[C@@H]2O)c2c1/C=C/c1[nH]nc3ccc(cc13)-c1cnn(C)c1OCCCO2. The van der Waals surface area contributed by atoms with Crippen LogP contribution >= 0.6 is 0 Å². The van der Waals surface area contributed by atoms with Crippen molar-refractivity contribution in [1.82, 2.24) is 34.7 Å². The lowest BCUT2D eigenvalue weighted by atomic mass is 10.1. The van der Waals surface area contributed by atoms with E-state index in [1.807, 2.05) is 56.2 Å². The highest BCUT2D eigenvalue weighted by molar-refractivity contribution is 5.93. The van der Waals surface area contributed by atoms with Gasteiger partial charge in [-0.05, 0) is 43.8 Å². The van der Waals surface area contributed by atoms with Gasteiger partial charge in [0.05, 0.1) is 59.6 Å². The summed E-state index contributed by atoms with van der Waals surface area (Å²) in [6, 6.07) is 5.99. The Bertz CT molecular complexity index is 1420. The van der Waals surface area contributed by atoms with Crippen LogP contribution in [0.25, 0.3) is 34.2 Å². The Hall–Kier alpha value is -3.63. The van der Waals surface area contributed by atoms with Crippen molar-refractivity contribution < 1.29 is 14.6 Å². The summed E-state index contributed by atoms with van der Waals surface area (Å²) >= 11 is 0. The average Bonchev–Trinajstić information content (AvgIpc) is 3.57. The minimum Gasteiger partial charge on any atom is -0.477 e. The van der Waals surface area contributed by atoms with Crippen molar-refractivity contribution in [3.05, 3.63) is 41.3 Å². The van der Waals surface area contributed by atoms with E-state index in [4.69, 9.17) is 14.6 Å². The van der Waals surface area contributed by atoms with Crippen molar-refractivity contribution >= 4 is 23.1 Å². The maximum absolute atomic E-state index is 10.7. The molecule has 1 aromatic carbocycles. The van der Waals surface area contributed by atoms with Crippen LogP contribution in [0, 0.1) is 6.92 Å². The fraction of sp³-hybridized carbons (Fsp3) is 0.400. The number of hydrogen-bond acceptors (Lipinski definition) is 7. The van der Waals surface area contributed by atoms with Crippen LogP contribution < -0.4 is 9.47 Å². The molecule has 10 heteroatoms. The average molecular weight is 476 g/mol. The van der Waals surface area contributed by atoms with E-state index in [1.165, 1.54) is 0 Å². The molecule has 2 aliphatic heterocycles. The molecular weight excluding hydrogens is 446 g/mol. The second-order valence-corrected chi connectivity index (χ2v) is 9.34. The van der Waals surface area contributed by atoms with Crippen molar-refractivity contribution in [2.45, 2.75) is 25.5 Å². The molecule has 0 saturated carbocycles. The Balaban J connectivity index is 1.46. The van der Waals surface area contributed by atoms with Crippen molar-refractivity contribution in [2.24, 2.45) is 7.05 Å². The third-order valence-electron chi connectivity index (χ3n) is 6.80. The molecule has 2 N–H and O–H groups in total. The summed E-state index contributed by atoms with van der Waals surface area (Å²) < 4.78 is 16.1. The largest absolute Gasteiger partial charge is 0.477 e. The Labute approximate surface area is 202 Å². The van der Waals surface area contributed by atoms with E-state index >= 15 is 0 Å². The first-order valence-electron chi connectivity index (χ1n) is 11.9. The van der Waals surface area contributed by atoms with Gasteiger partial charge >= 0.3 is 0 Å². The number of likely N-dealkylation sites (N-methyl/N-ethyl adjacent to an activating group) is 1. The maximum atomic E-state index is 10.7. The predicted octanol–water partition coefficient (Wildman–Crippen LogP) is 2.65. The summed E-state index contributed by atoms with van der Waals surface area (Å²) in [6.07, 6.45) is 6.04. The van der Waals surface area contributed by atoms with E-state index in [-0.39, 0.29) is 6.04 Å². The molecule has 0 unspecified atom stereocenters. The topological polar surface area (TPSA) is 106 Å². The first-order chi connectivity index (χ1) is 17.0. The molecule has 2 atom stereocenters. The number of aliphatic hydroxyl groups excluding tert-OH is 1. The fourth-order valence-corrected chi connectivity index (χ4v) is 4.98. The number of aryl methyl sites for hydroxylation is 2. The number of nitrogens with one attached hydrogen (secondary N) is 1. The van der Waals surface area contributed by atoms with Crippen LogP contribution in [0.1, 0.15) is 29.4 Å². The normalized spacial score (nSPS) is 21.7. The molecule has 0 radical (unpaired) electrons. The third-order valence-corrected chi connectivity index (χ3v) is 6.80. The van der Waals surface area contributed by atoms with Gasteiger partial charge in [0.25, 0.3) is 0 Å². The van der Waals surface area contributed by atoms with Crippen LogP contribution in [0.5, 0.6) is 11.8 Å². The van der Waals surface area contributed by atoms with Gasteiger partial charge in [0.1, 0.15) is 0 Å². The number of benzene rings is 1. The highest BCUT2D eigenvalue weighted by Crippen LogP contribution is 2.35. The number of rotatable bonds is 1. The molecule has 4 aromatic rings. The summed E-state index contributed by atoms with van der Waals surface area (Å²) in [5, 5.41) is 28.5. The van der Waals surface area contributed by atoms with E-state index in [9.17, 15) is 5.11 Å². The minimum absolute atomic E-state index is 0.165. The van der Waals surface area contributed by atoms with Gasteiger partial charge < -0.3 is 19.5 Å². The monoisotopic (exact) mass is 475 g/mol. The van der Waals surface area contributed by atoms with E-state index in [1.54, 1.807) is 4.68 Å². The third kappa shape index (κ3) is 3.78. The van der Waals surface area contributed by atoms with Gasteiger partial charge in [0.2, 0.25) is 11.8 Å². The molecular formula is C25H29N7O3. The van der Waals surface area contributed by atoms with Crippen LogP contribution in [0.4, 0.5) is 0 Å². The molecule has 1 saturated heterocycles. The molecule has 0 spiro atoms. The zero-order valence-corrected chi connectivity index (χ0v) is 20.1. The maximum Gasteiger partial charge on any atom is 0.219 e. The second-order valence-electron chi connectivity index (χ2n) is 9.34. The molecule has 1 fully saturated rings. The van der Waals surface area contributed by atoms with Crippen LogP contribution in [0.2, 0.25) is 0 Å². The van der Waals surface area contributed by atoms with Crippen LogP contribution in [-0.2, 0) is 7.05 Å².